The molecule has 1 amide bonds. The maximum absolute atomic E-state index is 11.4. The van der Waals surface area contributed by atoms with Crippen molar-refractivity contribution in [2.24, 2.45) is 0 Å². The van der Waals surface area contributed by atoms with E-state index in [1.54, 1.807) is 20.8 Å². The van der Waals surface area contributed by atoms with Gasteiger partial charge in [0.25, 0.3) is 0 Å². The quantitative estimate of drug-likeness (QED) is 0.835. The van der Waals surface area contributed by atoms with Gasteiger partial charge in [0, 0.05) is 23.3 Å². The maximum atomic E-state index is 11.4. The molecule has 0 radical (unpaired) electrons. The molecule has 1 aromatic rings. The number of anilines is 1. The number of nitrogens with zero attached hydrogens (tertiary/aromatic N) is 2. The van der Waals surface area contributed by atoms with Crippen molar-refractivity contribution in [2.75, 3.05) is 10.6 Å². The fourth-order valence-electron chi connectivity index (χ4n) is 1.06. The molecular formula is C11H16BrN3O3. The predicted octanol–water partition coefficient (Wildman–Crippen LogP) is 2.25. The average Bonchev–Trinajstić information content (AvgIpc) is 2.26. The summed E-state index contributed by atoms with van der Waals surface area (Å²) in [6.45, 7) is 5.30. The first-order valence-electron chi connectivity index (χ1n) is 5.38. The second-order valence-corrected chi connectivity index (χ2v) is 5.28. The summed E-state index contributed by atoms with van der Waals surface area (Å²) in [7, 11) is 0. The van der Waals surface area contributed by atoms with E-state index < -0.39 is 17.8 Å². The molecule has 0 aliphatic heterocycles. The molecular weight excluding hydrogens is 302 g/mol. The van der Waals surface area contributed by atoms with Crippen molar-refractivity contribution in [3.8, 4) is 0 Å². The van der Waals surface area contributed by atoms with Gasteiger partial charge in [0.05, 0.1) is 6.10 Å². The van der Waals surface area contributed by atoms with Crippen molar-refractivity contribution in [1.82, 2.24) is 9.97 Å². The standard InChI is InChI=1S/C11H16BrN3O3/c1-11(2,3)18-10(17)15-9-13-5-7(6-14-9)8(16)4-12/h5-6,8,16H,4H2,1-3H3,(H,13,14,15,17). The second kappa shape index (κ2) is 6.10. The fourth-order valence-corrected chi connectivity index (χ4v) is 1.43. The molecule has 18 heavy (non-hydrogen) atoms. The van der Waals surface area contributed by atoms with Crippen LogP contribution in [0.5, 0.6) is 0 Å². The van der Waals surface area contributed by atoms with Crippen molar-refractivity contribution in [3.05, 3.63) is 18.0 Å². The molecule has 100 valence electrons. The molecule has 0 aliphatic carbocycles. The third kappa shape index (κ3) is 4.97. The Hall–Kier alpha value is -1.21. The number of aliphatic hydroxyl groups is 1. The number of carbonyl (C=O) groups is 1. The Morgan fingerprint density at radius 1 is 1.50 bits per heavy atom. The Morgan fingerprint density at radius 2 is 2.06 bits per heavy atom. The Kier molecular flexibility index (Phi) is 5.03. The molecule has 1 atom stereocenters. The number of halogens is 1. The summed E-state index contributed by atoms with van der Waals surface area (Å²) in [5, 5.41) is 12.3. The van der Waals surface area contributed by atoms with Crippen LogP contribution in [0.1, 0.15) is 32.4 Å². The van der Waals surface area contributed by atoms with E-state index in [4.69, 9.17) is 4.74 Å². The van der Waals surface area contributed by atoms with Crippen molar-refractivity contribution >= 4 is 28.0 Å². The van der Waals surface area contributed by atoms with E-state index in [1.165, 1.54) is 12.4 Å². The summed E-state index contributed by atoms with van der Waals surface area (Å²) in [6.07, 6.45) is 1.62. The van der Waals surface area contributed by atoms with Crippen LogP contribution in [0.2, 0.25) is 0 Å². The van der Waals surface area contributed by atoms with Crippen molar-refractivity contribution in [3.63, 3.8) is 0 Å². The highest BCUT2D eigenvalue weighted by Gasteiger charge is 2.17. The molecule has 0 saturated carbocycles. The van der Waals surface area contributed by atoms with E-state index in [2.05, 4.69) is 31.2 Å². The van der Waals surface area contributed by atoms with Crippen LogP contribution in [0.15, 0.2) is 12.4 Å². The van der Waals surface area contributed by atoms with Crippen LogP contribution in [0.4, 0.5) is 10.7 Å². The van der Waals surface area contributed by atoms with Crippen LogP contribution in [0.3, 0.4) is 0 Å². The zero-order chi connectivity index (χ0) is 13.8. The minimum Gasteiger partial charge on any atom is -0.444 e. The number of aliphatic hydroxyl groups excluding tert-OH is 1. The first-order valence-corrected chi connectivity index (χ1v) is 6.50. The number of alkyl halides is 1. The van der Waals surface area contributed by atoms with Crippen LogP contribution in [-0.4, -0.2) is 32.1 Å². The molecule has 2 N–H and O–H groups in total. The average molecular weight is 318 g/mol. The summed E-state index contributed by atoms with van der Waals surface area (Å²) in [5.74, 6) is 0.134. The topological polar surface area (TPSA) is 84.3 Å². The monoisotopic (exact) mass is 317 g/mol. The summed E-state index contributed by atoms with van der Waals surface area (Å²) in [5.41, 5.74) is -0.00229. The van der Waals surface area contributed by atoms with Gasteiger partial charge in [-0.15, -0.1) is 0 Å². The zero-order valence-corrected chi connectivity index (χ0v) is 12.1. The van der Waals surface area contributed by atoms with Crippen LogP contribution in [0.25, 0.3) is 0 Å². The minimum atomic E-state index is -0.666. The molecule has 1 unspecified atom stereocenters. The second-order valence-electron chi connectivity index (χ2n) is 4.64. The molecule has 0 aliphatic rings. The van der Waals surface area contributed by atoms with Gasteiger partial charge in [0.15, 0.2) is 0 Å². The molecule has 7 heteroatoms. The molecule has 0 saturated heterocycles. The van der Waals surface area contributed by atoms with Gasteiger partial charge in [-0.2, -0.15) is 0 Å². The van der Waals surface area contributed by atoms with Crippen molar-refractivity contribution < 1.29 is 14.6 Å². The highest BCUT2D eigenvalue weighted by atomic mass is 79.9. The zero-order valence-electron chi connectivity index (χ0n) is 10.5. The molecule has 1 rings (SSSR count). The number of aromatic nitrogens is 2. The SMILES string of the molecule is CC(C)(C)OC(=O)Nc1ncc(C(O)CBr)cn1. The summed E-state index contributed by atoms with van der Waals surface area (Å²) < 4.78 is 5.05. The molecule has 0 fully saturated rings. The molecule has 0 bridgehead atoms. The van der Waals surface area contributed by atoms with Crippen LogP contribution in [-0.2, 0) is 4.74 Å². The fraction of sp³-hybridized carbons (Fsp3) is 0.545. The molecule has 0 aromatic carbocycles. The van der Waals surface area contributed by atoms with E-state index in [1.807, 2.05) is 0 Å². The first kappa shape index (κ1) is 14.8. The van der Waals surface area contributed by atoms with E-state index in [9.17, 15) is 9.90 Å². The number of ether oxygens (including phenoxy) is 1. The van der Waals surface area contributed by atoms with Gasteiger partial charge in [-0.1, -0.05) is 15.9 Å². The normalized spacial score (nSPS) is 12.9. The van der Waals surface area contributed by atoms with Gasteiger partial charge in [0.2, 0.25) is 5.95 Å². The highest BCUT2D eigenvalue weighted by molar-refractivity contribution is 9.09. The number of carbonyl (C=O) groups excluding carboxylic acids is 1. The Labute approximate surface area is 114 Å². The lowest BCUT2D eigenvalue weighted by molar-refractivity contribution is 0.0634. The van der Waals surface area contributed by atoms with Crippen LogP contribution >= 0.6 is 15.9 Å². The molecule has 0 spiro atoms. The number of nitrogens with one attached hydrogen (secondary N) is 1. The predicted molar refractivity (Wildman–Crippen MR) is 70.6 cm³/mol. The molecule has 1 aromatic heterocycles. The van der Waals surface area contributed by atoms with Crippen LogP contribution < -0.4 is 5.32 Å². The Bertz CT molecular complexity index is 403. The third-order valence-electron chi connectivity index (χ3n) is 1.82. The Morgan fingerprint density at radius 3 is 2.50 bits per heavy atom. The van der Waals surface area contributed by atoms with E-state index >= 15 is 0 Å². The number of hydrogen-bond donors (Lipinski definition) is 2. The number of rotatable bonds is 3. The lowest BCUT2D eigenvalue weighted by Crippen LogP contribution is -2.27. The van der Waals surface area contributed by atoms with Gasteiger partial charge in [-0.05, 0) is 20.8 Å². The first-order chi connectivity index (χ1) is 8.31. The third-order valence-corrected chi connectivity index (χ3v) is 2.43. The van der Waals surface area contributed by atoms with Crippen LogP contribution in [0, 0.1) is 0 Å². The lowest BCUT2D eigenvalue weighted by Gasteiger charge is -2.19. The maximum Gasteiger partial charge on any atom is 0.414 e. The number of amides is 1. The van der Waals surface area contributed by atoms with E-state index in [-0.39, 0.29) is 5.95 Å². The minimum absolute atomic E-state index is 0.134. The van der Waals surface area contributed by atoms with Gasteiger partial charge in [-0.25, -0.2) is 14.8 Å². The smallest absolute Gasteiger partial charge is 0.414 e. The van der Waals surface area contributed by atoms with Crippen molar-refractivity contribution in [2.45, 2.75) is 32.5 Å². The summed E-state index contributed by atoms with van der Waals surface area (Å²) in [4.78, 5) is 19.3. The lowest BCUT2D eigenvalue weighted by atomic mass is 10.2. The van der Waals surface area contributed by atoms with Gasteiger partial charge in [-0.3, -0.25) is 5.32 Å². The summed E-state index contributed by atoms with van der Waals surface area (Å²) >= 11 is 3.15. The highest BCUT2D eigenvalue weighted by Crippen LogP contribution is 2.14. The molecule has 6 nitrogen and oxygen atoms in total. The summed E-state index contributed by atoms with van der Waals surface area (Å²) in [6, 6.07) is 0. The van der Waals surface area contributed by atoms with E-state index in [0.717, 1.165) is 0 Å². The van der Waals surface area contributed by atoms with Crippen molar-refractivity contribution in [1.29, 1.82) is 0 Å². The molecule has 1 heterocycles. The van der Waals surface area contributed by atoms with Gasteiger partial charge < -0.3 is 9.84 Å². The Balaban J connectivity index is 2.61. The largest absolute Gasteiger partial charge is 0.444 e. The van der Waals surface area contributed by atoms with Gasteiger partial charge in [0.1, 0.15) is 5.60 Å². The van der Waals surface area contributed by atoms with E-state index in [0.29, 0.717) is 10.9 Å². The van der Waals surface area contributed by atoms with Gasteiger partial charge >= 0.3 is 6.09 Å². The number of hydrogen-bond acceptors (Lipinski definition) is 5.